The van der Waals surface area contributed by atoms with Crippen molar-refractivity contribution in [3.63, 3.8) is 0 Å². The molecular formula is C25H32ClNO7S2. The topological polar surface area (TPSA) is 132 Å². The molecule has 2 aliphatic carbocycles. The fourth-order valence-electron chi connectivity index (χ4n) is 5.57. The number of fused-ring (bicyclic) bond motifs is 3. The monoisotopic (exact) mass is 557 g/mol. The van der Waals surface area contributed by atoms with Gasteiger partial charge in [-0.05, 0) is 59.2 Å². The van der Waals surface area contributed by atoms with E-state index in [-0.39, 0.29) is 10.8 Å². The van der Waals surface area contributed by atoms with Gasteiger partial charge in [-0.1, -0.05) is 50.6 Å². The third kappa shape index (κ3) is 6.17. The quantitative estimate of drug-likeness (QED) is 0.431. The molecule has 2 aromatic rings. The molecule has 2 unspecified atom stereocenters. The smallest absolute Gasteiger partial charge is 0.394 e. The van der Waals surface area contributed by atoms with Crippen LogP contribution in [0.25, 0.3) is 0 Å². The summed E-state index contributed by atoms with van der Waals surface area (Å²) in [5.74, 6) is 0.343. The predicted molar refractivity (Wildman–Crippen MR) is 139 cm³/mol. The molecule has 2 saturated carbocycles. The number of hydrogen-bond donors (Lipinski definition) is 3. The van der Waals surface area contributed by atoms with E-state index in [4.69, 9.17) is 29.1 Å². The minimum atomic E-state index is -4.67. The molecule has 2 bridgehead atoms. The number of benzene rings is 1. The highest BCUT2D eigenvalue weighted by Gasteiger charge is 2.61. The molecule has 5 rings (SSSR count). The lowest BCUT2D eigenvalue weighted by atomic mass is 9.70. The second-order valence-corrected chi connectivity index (χ2v) is 12.5. The minimum absolute atomic E-state index is 0.0255. The van der Waals surface area contributed by atoms with E-state index in [9.17, 15) is 14.7 Å². The molecule has 8 nitrogen and oxygen atoms in total. The highest BCUT2D eigenvalue weighted by molar-refractivity contribution is 7.79. The number of aliphatic carboxylic acids is 1. The number of thiophene rings is 1. The predicted octanol–water partition coefficient (Wildman–Crippen LogP) is 5.33. The summed E-state index contributed by atoms with van der Waals surface area (Å²) < 4.78 is 31.6. The van der Waals surface area contributed by atoms with Crippen molar-refractivity contribution in [2.24, 2.45) is 16.7 Å². The van der Waals surface area contributed by atoms with Crippen LogP contribution >= 0.6 is 22.9 Å². The number of rotatable bonds is 3. The van der Waals surface area contributed by atoms with E-state index < -0.39 is 22.4 Å². The number of carbonyl (C=O) groups is 2. The van der Waals surface area contributed by atoms with Gasteiger partial charge in [0.1, 0.15) is 11.8 Å². The molecule has 3 atom stereocenters. The van der Waals surface area contributed by atoms with Crippen molar-refractivity contribution in [1.82, 2.24) is 4.90 Å². The summed E-state index contributed by atoms with van der Waals surface area (Å²) in [7, 11) is -4.67. The van der Waals surface area contributed by atoms with Crippen LogP contribution in [0.2, 0.25) is 5.02 Å². The van der Waals surface area contributed by atoms with Gasteiger partial charge in [-0.25, -0.2) is 0 Å². The molecule has 0 amide bonds. The van der Waals surface area contributed by atoms with E-state index in [2.05, 4.69) is 32.2 Å². The number of carboxylic acid groups (broad SMARTS) is 1. The van der Waals surface area contributed by atoms with Crippen molar-refractivity contribution in [2.75, 3.05) is 6.54 Å². The van der Waals surface area contributed by atoms with Crippen LogP contribution in [-0.2, 0) is 33.0 Å². The molecule has 1 aromatic carbocycles. The second-order valence-electron chi connectivity index (χ2n) is 10.2. The van der Waals surface area contributed by atoms with E-state index in [1.165, 1.54) is 16.9 Å². The second kappa shape index (κ2) is 10.9. The number of ketones is 1. The van der Waals surface area contributed by atoms with Gasteiger partial charge in [0.25, 0.3) is 0 Å². The zero-order valence-electron chi connectivity index (χ0n) is 20.5. The molecule has 0 spiro atoms. The van der Waals surface area contributed by atoms with Gasteiger partial charge in [-0.15, -0.1) is 11.3 Å². The standard InChI is InChI=1S/C15H14ClNO2S.C10H16O.H2O4S/c16-12-4-2-1-3-11(12)14(15(18)19)17-7-5-13-10(9-17)6-8-20-13;1-9(2)7-4-5-10(9,3)8(11)6-7;1-5(2,3)4/h1-4,6,8,14H,5,7,9H2,(H,18,19);7H,4-6H2,1-3H3;(H2,1,2,3,4)/t14-;;/m0../s1. The molecule has 11 heteroatoms. The fourth-order valence-corrected chi connectivity index (χ4v) is 6.70. The molecule has 2 fully saturated rings. The lowest BCUT2D eigenvalue weighted by Crippen LogP contribution is -2.37. The molecule has 36 heavy (non-hydrogen) atoms. The number of carbonyl (C=O) groups excluding carboxylic acids is 1. The van der Waals surface area contributed by atoms with E-state index in [0.29, 0.717) is 28.8 Å². The zero-order valence-corrected chi connectivity index (χ0v) is 22.9. The molecule has 0 radical (unpaired) electrons. The Morgan fingerprint density at radius 1 is 1.19 bits per heavy atom. The summed E-state index contributed by atoms with van der Waals surface area (Å²) in [5, 5.41) is 12.2. The maximum atomic E-state index is 11.7. The van der Waals surface area contributed by atoms with E-state index >= 15 is 0 Å². The third-order valence-corrected chi connectivity index (χ3v) is 9.49. The van der Waals surface area contributed by atoms with Gasteiger partial charge in [-0.2, -0.15) is 8.42 Å². The first kappa shape index (κ1) is 28.7. The highest BCUT2D eigenvalue weighted by atomic mass is 35.5. The Balaban J connectivity index is 0.000000188. The van der Waals surface area contributed by atoms with E-state index in [1.54, 1.807) is 23.5 Å². The fraction of sp³-hybridized carbons (Fsp3) is 0.520. The van der Waals surface area contributed by atoms with Gasteiger partial charge in [0.2, 0.25) is 0 Å². The summed E-state index contributed by atoms with van der Waals surface area (Å²) in [5.41, 5.74) is 2.21. The van der Waals surface area contributed by atoms with Crippen LogP contribution in [0.1, 0.15) is 62.1 Å². The van der Waals surface area contributed by atoms with Gasteiger partial charge >= 0.3 is 16.4 Å². The Labute approximate surface area is 220 Å². The zero-order chi connectivity index (χ0) is 26.9. The SMILES string of the molecule is CC12CCC(CC1=O)C2(C)C.O=C(O)[C@H](c1ccccc1Cl)N1CCc2sccc2C1.O=S(=O)(O)O. The molecule has 1 aromatic heterocycles. The summed E-state index contributed by atoms with van der Waals surface area (Å²) in [6, 6.07) is 8.58. The van der Waals surface area contributed by atoms with Gasteiger partial charge in [0, 0.05) is 34.8 Å². The first-order valence-electron chi connectivity index (χ1n) is 11.6. The van der Waals surface area contributed by atoms with E-state index in [0.717, 1.165) is 25.8 Å². The Morgan fingerprint density at radius 3 is 2.31 bits per heavy atom. The van der Waals surface area contributed by atoms with Crippen LogP contribution in [0.5, 0.6) is 0 Å². The first-order valence-corrected chi connectivity index (χ1v) is 14.3. The maximum Gasteiger partial charge on any atom is 0.394 e. The van der Waals surface area contributed by atoms with Crippen molar-refractivity contribution in [3.05, 3.63) is 56.7 Å². The molecule has 198 valence electrons. The summed E-state index contributed by atoms with van der Waals surface area (Å²) >= 11 is 7.92. The van der Waals surface area contributed by atoms with Crippen molar-refractivity contribution in [1.29, 1.82) is 0 Å². The number of Topliss-reactive ketones (excluding diaryl/α,β-unsaturated/α-hetero) is 1. The van der Waals surface area contributed by atoms with Gasteiger partial charge in [-0.3, -0.25) is 23.6 Å². The lowest BCUT2D eigenvalue weighted by Gasteiger charge is -2.32. The van der Waals surface area contributed by atoms with Crippen LogP contribution in [-0.4, -0.2) is 45.8 Å². The minimum Gasteiger partial charge on any atom is -0.480 e. The highest BCUT2D eigenvalue weighted by Crippen LogP contribution is 2.63. The van der Waals surface area contributed by atoms with Crippen LogP contribution in [0.4, 0.5) is 0 Å². The summed E-state index contributed by atoms with van der Waals surface area (Å²) in [4.78, 5) is 26.6. The van der Waals surface area contributed by atoms with Crippen molar-refractivity contribution >= 4 is 45.1 Å². The Kier molecular flexibility index (Phi) is 8.69. The Hall–Kier alpha value is -1.82. The van der Waals surface area contributed by atoms with Crippen LogP contribution in [0.3, 0.4) is 0 Å². The molecule has 3 aliphatic rings. The first-order chi connectivity index (χ1) is 16.6. The normalized spacial score (nSPS) is 25.2. The van der Waals surface area contributed by atoms with Crippen LogP contribution in [0.15, 0.2) is 35.7 Å². The summed E-state index contributed by atoms with van der Waals surface area (Å²) in [6.07, 6.45) is 4.16. The molecular weight excluding hydrogens is 526 g/mol. The molecule has 1 aliphatic heterocycles. The average molecular weight is 558 g/mol. The van der Waals surface area contributed by atoms with Crippen LogP contribution < -0.4 is 0 Å². The number of halogens is 1. The Bertz CT molecular complexity index is 1220. The number of nitrogens with zero attached hydrogens (tertiary/aromatic N) is 1. The Morgan fingerprint density at radius 2 is 1.83 bits per heavy atom. The van der Waals surface area contributed by atoms with Gasteiger partial charge in [0.05, 0.1) is 0 Å². The summed E-state index contributed by atoms with van der Waals surface area (Å²) in [6.45, 7) is 8.09. The van der Waals surface area contributed by atoms with Crippen molar-refractivity contribution in [3.8, 4) is 0 Å². The van der Waals surface area contributed by atoms with Gasteiger partial charge in [0.15, 0.2) is 0 Å². The van der Waals surface area contributed by atoms with Gasteiger partial charge < -0.3 is 5.11 Å². The number of carboxylic acids is 1. The average Bonchev–Trinajstić information content (AvgIpc) is 3.37. The third-order valence-electron chi connectivity index (χ3n) is 8.12. The molecule has 0 saturated heterocycles. The van der Waals surface area contributed by atoms with Crippen molar-refractivity contribution < 1.29 is 32.2 Å². The maximum absolute atomic E-state index is 11.7. The largest absolute Gasteiger partial charge is 0.480 e. The van der Waals surface area contributed by atoms with Crippen LogP contribution in [0, 0.1) is 16.7 Å². The molecule has 3 N–H and O–H groups in total. The number of hydrogen-bond acceptors (Lipinski definition) is 6. The lowest BCUT2D eigenvalue weighted by molar-refractivity contribution is -0.144. The van der Waals surface area contributed by atoms with E-state index in [1.807, 2.05) is 17.0 Å². The molecule has 2 heterocycles. The van der Waals surface area contributed by atoms with Crippen molar-refractivity contribution in [2.45, 2.75) is 59.0 Å².